The lowest BCUT2D eigenvalue weighted by atomic mass is 9.80. The Labute approximate surface area is 237 Å². The van der Waals surface area contributed by atoms with Crippen molar-refractivity contribution in [2.24, 2.45) is 5.92 Å². The van der Waals surface area contributed by atoms with Gasteiger partial charge in [0.25, 0.3) is 5.91 Å². The molecule has 0 bridgehead atoms. The van der Waals surface area contributed by atoms with E-state index in [9.17, 15) is 23.1 Å². The van der Waals surface area contributed by atoms with Crippen LogP contribution < -0.4 is 9.47 Å². The van der Waals surface area contributed by atoms with Gasteiger partial charge in [0.15, 0.2) is 17.3 Å². The van der Waals surface area contributed by atoms with Gasteiger partial charge in [0.2, 0.25) is 13.1 Å². The molecule has 2 aromatic rings. The smallest absolute Gasteiger partial charge is 0.416 e. The predicted octanol–water partition coefficient (Wildman–Crippen LogP) is 4.53. The first-order valence-electron chi connectivity index (χ1n) is 13.9. The lowest BCUT2D eigenvalue weighted by Crippen LogP contribution is -2.49. The van der Waals surface area contributed by atoms with Gasteiger partial charge in [-0.2, -0.15) is 13.2 Å². The second kappa shape index (κ2) is 12.7. The van der Waals surface area contributed by atoms with Crippen LogP contribution in [0.3, 0.4) is 0 Å². The summed E-state index contributed by atoms with van der Waals surface area (Å²) in [5.74, 6) is 0.645. The second-order valence-electron chi connectivity index (χ2n) is 10.4. The van der Waals surface area contributed by atoms with E-state index < -0.39 is 23.9 Å². The van der Waals surface area contributed by atoms with Crippen molar-refractivity contribution in [2.75, 3.05) is 46.2 Å². The topological polar surface area (TPSA) is 80.7 Å². The summed E-state index contributed by atoms with van der Waals surface area (Å²) in [6.45, 7) is 5.40. The molecule has 3 atom stereocenters. The number of nitrogens with zero attached hydrogens (tertiary/aromatic N) is 2. The van der Waals surface area contributed by atoms with Crippen molar-refractivity contribution in [2.45, 2.75) is 44.7 Å². The van der Waals surface area contributed by atoms with Gasteiger partial charge in [0, 0.05) is 57.8 Å². The molecule has 0 unspecified atom stereocenters. The van der Waals surface area contributed by atoms with Crippen LogP contribution in [0, 0.1) is 5.92 Å². The second-order valence-corrected chi connectivity index (χ2v) is 10.4. The Balaban J connectivity index is 1.30. The number of hydrogen-bond acceptors (Lipinski definition) is 7. The third-order valence-corrected chi connectivity index (χ3v) is 7.75. The number of carbonyl (C=O) groups is 1. The first-order valence-corrected chi connectivity index (χ1v) is 13.9. The zero-order valence-electron chi connectivity index (χ0n) is 22.9. The Bertz CT molecular complexity index is 1230. The third kappa shape index (κ3) is 6.79. The molecule has 222 valence electrons. The number of benzene rings is 2. The molecule has 1 N–H and O–H groups in total. The first-order chi connectivity index (χ1) is 19.8. The van der Waals surface area contributed by atoms with Crippen LogP contribution in [0.1, 0.15) is 42.4 Å². The van der Waals surface area contributed by atoms with E-state index in [1.54, 1.807) is 11.0 Å². The van der Waals surface area contributed by atoms with E-state index in [1.807, 2.05) is 25.1 Å². The summed E-state index contributed by atoms with van der Waals surface area (Å²) in [6, 6.07) is 10.9. The van der Waals surface area contributed by atoms with E-state index in [0.717, 1.165) is 29.2 Å². The quantitative estimate of drug-likeness (QED) is 0.470. The summed E-state index contributed by atoms with van der Waals surface area (Å²) in [4.78, 5) is 17.6. The van der Waals surface area contributed by atoms with Crippen LogP contribution in [0.4, 0.5) is 13.2 Å². The number of halogens is 3. The number of carbonyl (C=O) groups excluding carboxylic acids is 1. The maximum Gasteiger partial charge on any atom is 0.416 e. The summed E-state index contributed by atoms with van der Waals surface area (Å²) >= 11 is 0. The van der Waals surface area contributed by atoms with Crippen molar-refractivity contribution >= 4 is 5.91 Å². The summed E-state index contributed by atoms with van der Waals surface area (Å²) in [5, 5.41) is 9.46. The number of hydrogen-bond donors (Lipinski definition) is 1. The maximum atomic E-state index is 13.6. The fourth-order valence-corrected chi connectivity index (χ4v) is 5.59. The van der Waals surface area contributed by atoms with E-state index in [4.69, 9.17) is 18.9 Å². The summed E-state index contributed by atoms with van der Waals surface area (Å²) in [6.07, 6.45) is -2.52. The molecule has 3 aliphatic heterocycles. The highest BCUT2D eigenvalue weighted by atomic mass is 19.4. The standard InChI is InChI=1S/C30H35F3N2O6/c1-2-38-29-23(4-3-15-36)24(21-6-8-22(9-7-21)30(31,32)33)17-27(41-29)28(37)35-13-11-34(12-14-35)18-20-5-10-25-26(16-20)40-19-39-25/h5-10,16-17,23-24,29,36H,2-4,11-15,18-19H2,1H3/t23-,24+,29+/m0/s1. The van der Waals surface area contributed by atoms with Gasteiger partial charge in [-0.3, -0.25) is 9.69 Å². The summed E-state index contributed by atoms with van der Waals surface area (Å²) in [5.41, 5.74) is 0.994. The van der Waals surface area contributed by atoms with Crippen molar-refractivity contribution in [3.05, 3.63) is 71.0 Å². The van der Waals surface area contributed by atoms with E-state index in [2.05, 4.69) is 4.90 Å². The van der Waals surface area contributed by atoms with Crippen LogP contribution in [0.5, 0.6) is 11.5 Å². The van der Waals surface area contributed by atoms with Crippen LogP contribution in [0.2, 0.25) is 0 Å². The minimum atomic E-state index is -4.44. The van der Waals surface area contributed by atoms with Gasteiger partial charge in [0.05, 0.1) is 5.56 Å². The molecule has 2 aromatic carbocycles. The van der Waals surface area contributed by atoms with Gasteiger partial charge in [-0.05, 0) is 61.2 Å². The highest BCUT2D eigenvalue weighted by molar-refractivity contribution is 5.92. The van der Waals surface area contributed by atoms with Crippen LogP contribution >= 0.6 is 0 Å². The molecular formula is C30H35F3N2O6. The van der Waals surface area contributed by atoms with Crippen molar-refractivity contribution in [1.82, 2.24) is 9.80 Å². The van der Waals surface area contributed by atoms with E-state index in [0.29, 0.717) is 57.7 Å². The number of piperazine rings is 1. The molecule has 41 heavy (non-hydrogen) atoms. The minimum absolute atomic E-state index is 0.0406. The maximum absolute atomic E-state index is 13.6. The Morgan fingerprint density at radius 3 is 2.46 bits per heavy atom. The number of allylic oxidation sites excluding steroid dienone is 1. The van der Waals surface area contributed by atoms with Gasteiger partial charge >= 0.3 is 6.18 Å². The molecule has 1 amide bonds. The van der Waals surface area contributed by atoms with E-state index in [-0.39, 0.29) is 31.0 Å². The van der Waals surface area contributed by atoms with Gasteiger partial charge in [-0.25, -0.2) is 0 Å². The van der Waals surface area contributed by atoms with Crippen molar-refractivity contribution < 1.29 is 42.0 Å². The van der Waals surface area contributed by atoms with Crippen molar-refractivity contribution in [3.63, 3.8) is 0 Å². The number of fused-ring (bicyclic) bond motifs is 1. The molecular weight excluding hydrogens is 541 g/mol. The number of aliphatic hydroxyl groups excluding tert-OH is 1. The zero-order valence-corrected chi connectivity index (χ0v) is 22.9. The van der Waals surface area contributed by atoms with Crippen LogP contribution in [0.15, 0.2) is 54.3 Å². The SMILES string of the molecule is CCO[C@@H]1OC(C(=O)N2CCN(Cc3ccc4c(c3)OCO4)CC2)=C[C@H](c2ccc(C(F)(F)F)cc2)[C@@H]1CCCO. The van der Waals surface area contributed by atoms with Crippen molar-refractivity contribution in [1.29, 1.82) is 0 Å². The lowest BCUT2D eigenvalue weighted by molar-refractivity contribution is -0.171. The molecule has 0 spiro atoms. The fourth-order valence-electron chi connectivity index (χ4n) is 5.59. The highest BCUT2D eigenvalue weighted by Crippen LogP contribution is 2.41. The number of aliphatic hydroxyl groups is 1. The number of rotatable bonds is 9. The monoisotopic (exact) mass is 576 g/mol. The third-order valence-electron chi connectivity index (χ3n) is 7.75. The summed E-state index contributed by atoms with van der Waals surface area (Å²) in [7, 11) is 0. The normalized spacial score (nSPS) is 22.8. The van der Waals surface area contributed by atoms with Gasteiger partial charge in [0.1, 0.15) is 0 Å². The average Bonchev–Trinajstić information content (AvgIpc) is 3.44. The highest BCUT2D eigenvalue weighted by Gasteiger charge is 2.39. The average molecular weight is 577 g/mol. The molecule has 11 heteroatoms. The van der Waals surface area contributed by atoms with Crippen LogP contribution in [-0.4, -0.2) is 73.3 Å². The van der Waals surface area contributed by atoms with Gasteiger partial charge in [-0.15, -0.1) is 0 Å². The molecule has 3 aliphatic rings. The Kier molecular flexibility index (Phi) is 9.06. The molecule has 0 saturated carbocycles. The molecule has 1 fully saturated rings. The Hall–Kier alpha value is -3.28. The number of alkyl halides is 3. The Morgan fingerprint density at radius 2 is 1.78 bits per heavy atom. The molecule has 0 aromatic heterocycles. The van der Waals surface area contributed by atoms with Gasteiger partial charge < -0.3 is 29.0 Å². The minimum Gasteiger partial charge on any atom is -0.459 e. The molecule has 5 rings (SSSR count). The first kappa shape index (κ1) is 29.2. The Morgan fingerprint density at radius 1 is 1.05 bits per heavy atom. The van der Waals surface area contributed by atoms with Crippen molar-refractivity contribution in [3.8, 4) is 11.5 Å². The van der Waals surface area contributed by atoms with Crippen LogP contribution in [-0.2, 0) is 27.0 Å². The molecule has 0 radical (unpaired) electrons. The molecule has 3 heterocycles. The van der Waals surface area contributed by atoms with E-state index >= 15 is 0 Å². The van der Waals surface area contributed by atoms with Crippen LogP contribution in [0.25, 0.3) is 0 Å². The summed E-state index contributed by atoms with van der Waals surface area (Å²) < 4.78 is 62.4. The fraction of sp³-hybridized carbons (Fsp3) is 0.500. The molecule has 1 saturated heterocycles. The number of amides is 1. The van der Waals surface area contributed by atoms with Gasteiger partial charge in [-0.1, -0.05) is 18.2 Å². The number of ether oxygens (including phenoxy) is 4. The largest absolute Gasteiger partial charge is 0.459 e. The zero-order chi connectivity index (χ0) is 29.0. The van der Waals surface area contributed by atoms with E-state index in [1.165, 1.54) is 12.1 Å². The molecule has 0 aliphatic carbocycles. The molecule has 8 nitrogen and oxygen atoms in total. The lowest BCUT2D eigenvalue weighted by Gasteiger charge is -2.39. The predicted molar refractivity (Wildman–Crippen MR) is 143 cm³/mol.